The fraction of sp³-hybridized carbons (Fsp3) is 0.278. The molecule has 2 aromatic carbocycles. The van der Waals surface area contributed by atoms with Gasteiger partial charge < -0.3 is 14.4 Å². The number of halogens is 1. The number of carbonyl (C=O) groups is 1. The van der Waals surface area contributed by atoms with Gasteiger partial charge in [0.05, 0.1) is 6.61 Å². The van der Waals surface area contributed by atoms with Crippen LogP contribution < -0.4 is 9.47 Å². The molecule has 2 rings (SSSR count). The van der Waals surface area contributed by atoms with Crippen LogP contribution >= 0.6 is 0 Å². The zero-order valence-electron chi connectivity index (χ0n) is 13.3. The Morgan fingerprint density at radius 1 is 1.00 bits per heavy atom. The molecule has 0 aliphatic rings. The number of amides is 1. The van der Waals surface area contributed by atoms with Crippen molar-refractivity contribution in [2.24, 2.45) is 0 Å². The van der Waals surface area contributed by atoms with E-state index in [4.69, 9.17) is 9.47 Å². The quantitative estimate of drug-likeness (QED) is 0.787. The van der Waals surface area contributed by atoms with Crippen LogP contribution in [0.4, 0.5) is 4.39 Å². The molecule has 122 valence electrons. The average Bonchev–Trinajstić information content (AvgIpc) is 2.56. The molecular weight excluding hydrogens is 297 g/mol. The Balaban J connectivity index is 1.82. The number of hydrogen-bond donors (Lipinski definition) is 0. The molecular formula is C18H20FNO3. The van der Waals surface area contributed by atoms with Crippen LogP contribution in [0.5, 0.6) is 11.5 Å². The molecule has 0 fully saturated rings. The fourth-order valence-corrected chi connectivity index (χ4v) is 2.01. The highest BCUT2D eigenvalue weighted by Gasteiger charge is 2.10. The van der Waals surface area contributed by atoms with Gasteiger partial charge in [-0.15, -0.1) is 0 Å². The third-order valence-corrected chi connectivity index (χ3v) is 3.26. The minimum absolute atomic E-state index is 0.0499. The molecule has 1 amide bonds. The Labute approximate surface area is 135 Å². The summed E-state index contributed by atoms with van der Waals surface area (Å²) in [6, 6.07) is 13.2. The molecule has 0 saturated heterocycles. The van der Waals surface area contributed by atoms with E-state index < -0.39 is 0 Å². The smallest absolute Gasteiger partial charge is 0.260 e. The molecule has 0 heterocycles. The third-order valence-electron chi connectivity index (χ3n) is 3.26. The molecule has 2 aromatic rings. The van der Waals surface area contributed by atoms with Gasteiger partial charge in [0.25, 0.3) is 5.91 Å². The van der Waals surface area contributed by atoms with E-state index in [0.29, 0.717) is 18.9 Å². The van der Waals surface area contributed by atoms with Crippen LogP contribution in [0.3, 0.4) is 0 Å². The Kier molecular flexibility index (Phi) is 5.97. The van der Waals surface area contributed by atoms with Crippen molar-refractivity contribution in [3.63, 3.8) is 0 Å². The zero-order valence-corrected chi connectivity index (χ0v) is 13.3. The number of likely N-dealkylation sites (N-methyl/N-ethyl adjacent to an activating group) is 1. The van der Waals surface area contributed by atoms with E-state index in [-0.39, 0.29) is 18.3 Å². The van der Waals surface area contributed by atoms with Crippen LogP contribution in [0.25, 0.3) is 0 Å². The van der Waals surface area contributed by atoms with Crippen molar-refractivity contribution in [1.82, 2.24) is 4.90 Å². The highest BCUT2D eigenvalue weighted by molar-refractivity contribution is 5.77. The first-order valence-corrected chi connectivity index (χ1v) is 7.42. The van der Waals surface area contributed by atoms with Gasteiger partial charge in [-0.25, -0.2) is 4.39 Å². The second kappa shape index (κ2) is 8.17. The first-order chi connectivity index (χ1) is 11.1. The normalized spacial score (nSPS) is 10.2. The fourth-order valence-electron chi connectivity index (χ4n) is 2.01. The standard InChI is InChI=1S/C18H20FNO3/c1-3-22-16-8-10-17(11-9-16)23-13-18(21)20(2)12-14-4-6-15(19)7-5-14/h4-11H,3,12-13H2,1-2H3. The molecule has 5 heteroatoms. The van der Waals surface area contributed by atoms with E-state index in [2.05, 4.69) is 0 Å². The van der Waals surface area contributed by atoms with Gasteiger partial charge in [0.1, 0.15) is 17.3 Å². The maximum absolute atomic E-state index is 12.9. The molecule has 0 aliphatic heterocycles. The summed E-state index contributed by atoms with van der Waals surface area (Å²) in [7, 11) is 1.69. The van der Waals surface area contributed by atoms with Gasteiger partial charge in [-0.05, 0) is 48.9 Å². The van der Waals surface area contributed by atoms with Crippen molar-refractivity contribution >= 4 is 5.91 Å². The summed E-state index contributed by atoms with van der Waals surface area (Å²) in [5, 5.41) is 0. The Bertz CT molecular complexity index is 626. The molecule has 0 bridgehead atoms. The lowest BCUT2D eigenvalue weighted by Gasteiger charge is -2.17. The second-order valence-electron chi connectivity index (χ2n) is 5.07. The summed E-state index contributed by atoms with van der Waals surface area (Å²) in [5.41, 5.74) is 0.864. The first kappa shape index (κ1) is 16.8. The summed E-state index contributed by atoms with van der Waals surface area (Å²) in [5.74, 6) is 0.932. The van der Waals surface area contributed by atoms with E-state index >= 15 is 0 Å². The zero-order chi connectivity index (χ0) is 16.7. The maximum Gasteiger partial charge on any atom is 0.260 e. The number of ether oxygens (including phenoxy) is 2. The minimum atomic E-state index is -0.290. The van der Waals surface area contributed by atoms with Crippen LogP contribution in [-0.2, 0) is 11.3 Å². The van der Waals surface area contributed by atoms with Crippen molar-refractivity contribution in [2.75, 3.05) is 20.3 Å². The van der Waals surface area contributed by atoms with Gasteiger partial charge >= 0.3 is 0 Å². The molecule has 4 nitrogen and oxygen atoms in total. The van der Waals surface area contributed by atoms with Crippen molar-refractivity contribution in [2.45, 2.75) is 13.5 Å². The van der Waals surface area contributed by atoms with Gasteiger partial charge in [-0.3, -0.25) is 4.79 Å². The number of carbonyl (C=O) groups excluding carboxylic acids is 1. The molecule has 0 spiro atoms. The lowest BCUT2D eigenvalue weighted by Crippen LogP contribution is -2.30. The highest BCUT2D eigenvalue weighted by atomic mass is 19.1. The molecule has 0 aromatic heterocycles. The minimum Gasteiger partial charge on any atom is -0.494 e. The second-order valence-corrected chi connectivity index (χ2v) is 5.07. The summed E-state index contributed by atoms with van der Waals surface area (Å²) < 4.78 is 23.7. The topological polar surface area (TPSA) is 38.8 Å². The van der Waals surface area contributed by atoms with Gasteiger partial charge in [0.2, 0.25) is 0 Å². The maximum atomic E-state index is 12.9. The Morgan fingerprint density at radius 2 is 1.57 bits per heavy atom. The summed E-state index contributed by atoms with van der Waals surface area (Å²) in [6.07, 6.45) is 0. The molecule has 0 unspecified atom stereocenters. The van der Waals surface area contributed by atoms with Crippen molar-refractivity contribution in [3.05, 3.63) is 59.9 Å². The van der Waals surface area contributed by atoms with E-state index in [1.807, 2.05) is 6.92 Å². The van der Waals surface area contributed by atoms with E-state index in [0.717, 1.165) is 11.3 Å². The van der Waals surface area contributed by atoms with Crippen molar-refractivity contribution in [1.29, 1.82) is 0 Å². The third kappa shape index (κ3) is 5.29. The van der Waals surface area contributed by atoms with Gasteiger partial charge in [0.15, 0.2) is 6.61 Å². The highest BCUT2D eigenvalue weighted by Crippen LogP contribution is 2.17. The van der Waals surface area contributed by atoms with Crippen LogP contribution in [0.2, 0.25) is 0 Å². The largest absolute Gasteiger partial charge is 0.494 e. The number of nitrogens with zero attached hydrogens (tertiary/aromatic N) is 1. The predicted octanol–water partition coefficient (Wildman–Crippen LogP) is 3.26. The number of benzene rings is 2. The van der Waals surface area contributed by atoms with Crippen LogP contribution in [0, 0.1) is 5.82 Å². The Morgan fingerprint density at radius 3 is 2.13 bits per heavy atom. The predicted molar refractivity (Wildman–Crippen MR) is 86.0 cm³/mol. The SMILES string of the molecule is CCOc1ccc(OCC(=O)N(C)Cc2ccc(F)cc2)cc1. The first-order valence-electron chi connectivity index (χ1n) is 7.42. The molecule has 0 radical (unpaired) electrons. The lowest BCUT2D eigenvalue weighted by atomic mass is 10.2. The molecule has 0 saturated carbocycles. The summed E-state index contributed by atoms with van der Waals surface area (Å²) >= 11 is 0. The van der Waals surface area contributed by atoms with E-state index in [1.54, 1.807) is 48.3 Å². The Hall–Kier alpha value is -2.56. The van der Waals surface area contributed by atoms with Gasteiger partial charge in [-0.1, -0.05) is 12.1 Å². The van der Waals surface area contributed by atoms with Gasteiger partial charge in [0, 0.05) is 13.6 Å². The van der Waals surface area contributed by atoms with Crippen LogP contribution in [0.1, 0.15) is 12.5 Å². The van der Waals surface area contributed by atoms with E-state index in [1.165, 1.54) is 12.1 Å². The molecule has 0 atom stereocenters. The summed E-state index contributed by atoms with van der Waals surface area (Å²) in [6.45, 7) is 2.88. The monoisotopic (exact) mass is 317 g/mol. The molecule has 0 N–H and O–H groups in total. The van der Waals surface area contributed by atoms with E-state index in [9.17, 15) is 9.18 Å². The van der Waals surface area contributed by atoms with Crippen LogP contribution in [0.15, 0.2) is 48.5 Å². The number of hydrogen-bond acceptors (Lipinski definition) is 3. The lowest BCUT2D eigenvalue weighted by molar-refractivity contribution is -0.132. The average molecular weight is 317 g/mol. The molecule has 23 heavy (non-hydrogen) atoms. The molecule has 0 aliphatic carbocycles. The number of rotatable bonds is 7. The van der Waals surface area contributed by atoms with Crippen molar-refractivity contribution < 1.29 is 18.7 Å². The van der Waals surface area contributed by atoms with Crippen molar-refractivity contribution in [3.8, 4) is 11.5 Å². The van der Waals surface area contributed by atoms with Crippen LogP contribution in [-0.4, -0.2) is 31.1 Å². The summed E-state index contributed by atoms with van der Waals surface area (Å²) in [4.78, 5) is 13.6. The van der Waals surface area contributed by atoms with Gasteiger partial charge in [-0.2, -0.15) is 0 Å².